The van der Waals surface area contributed by atoms with Gasteiger partial charge < -0.3 is 9.47 Å². The highest BCUT2D eigenvalue weighted by Gasteiger charge is 2.26. The summed E-state index contributed by atoms with van der Waals surface area (Å²) in [6.07, 6.45) is 1.48. The lowest BCUT2D eigenvalue weighted by molar-refractivity contribution is -0.137. The molecule has 3 nitrogen and oxygen atoms in total. The number of carbonyl (C=O) groups excluding carboxylic acids is 1. The molecular weight excluding hydrogens is 168 g/mol. The van der Waals surface area contributed by atoms with Crippen LogP contribution in [0.2, 0.25) is 0 Å². The van der Waals surface area contributed by atoms with Crippen LogP contribution in [0.4, 0.5) is 0 Å². The molecule has 0 N–H and O–H groups in total. The molecule has 1 fully saturated rings. The van der Waals surface area contributed by atoms with E-state index < -0.39 is 0 Å². The minimum atomic E-state index is -0.140. The van der Waals surface area contributed by atoms with Crippen molar-refractivity contribution in [1.29, 1.82) is 0 Å². The lowest BCUT2D eigenvalue weighted by Crippen LogP contribution is -2.23. The van der Waals surface area contributed by atoms with Crippen molar-refractivity contribution in [3.63, 3.8) is 0 Å². The molecule has 1 saturated heterocycles. The van der Waals surface area contributed by atoms with E-state index in [9.17, 15) is 4.79 Å². The van der Waals surface area contributed by atoms with Gasteiger partial charge in [0.1, 0.15) is 12.7 Å². The number of cyclic esters (lactones) is 1. The Labute approximate surface area is 79.4 Å². The Bertz CT molecular complexity index is 187. The van der Waals surface area contributed by atoms with Gasteiger partial charge in [-0.2, -0.15) is 0 Å². The molecule has 1 aliphatic heterocycles. The topological polar surface area (TPSA) is 35.5 Å². The first kappa shape index (κ1) is 10.5. The molecule has 0 radical (unpaired) electrons. The van der Waals surface area contributed by atoms with Gasteiger partial charge in [0.15, 0.2) is 0 Å². The Morgan fingerprint density at radius 1 is 1.62 bits per heavy atom. The summed E-state index contributed by atoms with van der Waals surface area (Å²) in [5, 5.41) is 0. The highest BCUT2D eigenvalue weighted by atomic mass is 16.6. The second-order valence-corrected chi connectivity index (χ2v) is 4.34. The zero-order valence-electron chi connectivity index (χ0n) is 8.63. The van der Waals surface area contributed by atoms with Crippen molar-refractivity contribution >= 4 is 5.97 Å². The quantitative estimate of drug-likeness (QED) is 0.627. The summed E-state index contributed by atoms with van der Waals surface area (Å²) in [4.78, 5) is 10.7. The van der Waals surface area contributed by atoms with Gasteiger partial charge in [-0.1, -0.05) is 20.8 Å². The summed E-state index contributed by atoms with van der Waals surface area (Å²) in [5.41, 5.74) is 0.200. The van der Waals surface area contributed by atoms with Crippen molar-refractivity contribution in [3.8, 4) is 0 Å². The summed E-state index contributed by atoms with van der Waals surface area (Å²) < 4.78 is 10.4. The van der Waals surface area contributed by atoms with E-state index >= 15 is 0 Å². The third-order valence-electron chi connectivity index (χ3n) is 2.49. The lowest BCUT2D eigenvalue weighted by Gasteiger charge is -2.23. The highest BCUT2D eigenvalue weighted by Crippen LogP contribution is 2.22. The molecule has 76 valence electrons. The van der Waals surface area contributed by atoms with Crippen molar-refractivity contribution in [2.24, 2.45) is 5.41 Å². The molecule has 1 heterocycles. The average Bonchev–Trinajstić information content (AvgIpc) is 2.48. The third kappa shape index (κ3) is 3.35. The van der Waals surface area contributed by atoms with Crippen molar-refractivity contribution in [2.45, 2.75) is 39.7 Å². The summed E-state index contributed by atoms with van der Waals surface area (Å²) in [6.45, 7) is 7.58. The molecule has 0 aromatic heterocycles. The molecule has 0 spiro atoms. The molecule has 1 aliphatic rings. The molecule has 0 aliphatic carbocycles. The van der Waals surface area contributed by atoms with Gasteiger partial charge in [-0.3, -0.25) is 4.79 Å². The number of ether oxygens (including phenoxy) is 2. The molecule has 0 aromatic carbocycles. The van der Waals surface area contributed by atoms with E-state index in [2.05, 4.69) is 20.8 Å². The van der Waals surface area contributed by atoms with Gasteiger partial charge in [0.25, 0.3) is 0 Å². The van der Waals surface area contributed by atoms with Gasteiger partial charge in [-0.15, -0.1) is 0 Å². The van der Waals surface area contributed by atoms with Crippen LogP contribution in [-0.2, 0) is 14.3 Å². The van der Waals surface area contributed by atoms with E-state index in [0.29, 0.717) is 19.6 Å². The maximum Gasteiger partial charge on any atom is 0.308 e. The first-order valence-corrected chi connectivity index (χ1v) is 4.81. The van der Waals surface area contributed by atoms with E-state index in [1.54, 1.807) is 0 Å². The predicted molar refractivity (Wildman–Crippen MR) is 49.4 cm³/mol. The van der Waals surface area contributed by atoms with Crippen LogP contribution in [-0.4, -0.2) is 25.3 Å². The molecule has 0 aromatic rings. The number of rotatable bonds is 4. The molecule has 0 saturated carbocycles. The van der Waals surface area contributed by atoms with Crippen LogP contribution in [0.15, 0.2) is 0 Å². The Morgan fingerprint density at radius 3 is 2.77 bits per heavy atom. The van der Waals surface area contributed by atoms with Crippen LogP contribution >= 0.6 is 0 Å². The van der Waals surface area contributed by atoms with E-state index in [4.69, 9.17) is 9.47 Å². The van der Waals surface area contributed by atoms with Gasteiger partial charge >= 0.3 is 5.97 Å². The SMILES string of the molecule is CCC(C)(C)COC1COC(=O)C1. The van der Waals surface area contributed by atoms with Gasteiger partial charge in [0.05, 0.1) is 13.0 Å². The standard InChI is InChI=1S/C10H18O3/c1-4-10(2,3)7-13-8-5-9(11)12-6-8/h8H,4-7H2,1-3H3. The fraction of sp³-hybridized carbons (Fsp3) is 0.900. The van der Waals surface area contributed by atoms with Gasteiger partial charge in [-0.25, -0.2) is 0 Å². The van der Waals surface area contributed by atoms with Crippen LogP contribution in [0.3, 0.4) is 0 Å². The normalized spacial score (nSPS) is 23.3. The van der Waals surface area contributed by atoms with Crippen molar-refractivity contribution in [2.75, 3.05) is 13.2 Å². The maximum atomic E-state index is 10.7. The Hall–Kier alpha value is -0.570. The van der Waals surface area contributed by atoms with E-state index in [1.807, 2.05) is 0 Å². The van der Waals surface area contributed by atoms with Gasteiger partial charge in [0, 0.05) is 0 Å². The lowest BCUT2D eigenvalue weighted by atomic mass is 9.92. The molecule has 1 rings (SSSR count). The Morgan fingerprint density at radius 2 is 2.31 bits per heavy atom. The van der Waals surface area contributed by atoms with Crippen LogP contribution in [0.1, 0.15) is 33.6 Å². The summed E-state index contributed by atoms with van der Waals surface area (Å²) in [5.74, 6) is -0.140. The fourth-order valence-electron chi connectivity index (χ4n) is 1.04. The average molecular weight is 186 g/mol. The molecule has 0 bridgehead atoms. The van der Waals surface area contributed by atoms with Gasteiger partial charge in [0.2, 0.25) is 0 Å². The van der Waals surface area contributed by atoms with Gasteiger partial charge in [-0.05, 0) is 11.8 Å². The molecule has 0 amide bonds. The van der Waals surface area contributed by atoms with Crippen LogP contribution in [0, 0.1) is 5.41 Å². The van der Waals surface area contributed by atoms with Crippen LogP contribution < -0.4 is 0 Å². The van der Waals surface area contributed by atoms with E-state index in [-0.39, 0.29) is 17.5 Å². The van der Waals surface area contributed by atoms with E-state index in [1.165, 1.54) is 0 Å². The second-order valence-electron chi connectivity index (χ2n) is 4.34. The number of carbonyl (C=O) groups is 1. The molecule has 3 heteroatoms. The summed E-state index contributed by atoms with van der Waals surface area (Å²) >= 11 is 0. The third-order valence-corrected chi connectivity index (χ3v) is 2.49. The zero-order chi connectivity index (χ0) is 9.90. The van der Waals surface area contributed by atoms with Crippen molar-refractivity contribution in [1.82, 2.24) is 0 Å². The van der Waals surface area contributed by atoms with E-state index in [0.717, 1.165) is 6.42 Å². The monoisotopic (exact) mass is 186 g/mol. The highest BCUT2D eigenvalue weighted by molar-refractivity contribution is 5.71. The number of hydrogen-bond acceptors (Lipinski definition) is 3. The molecular formula is C10H18O3. The maximum absolute atomic E-state index is 10.7. The second kappa shape index (κ2) is 4.09. The largest absolute Gasteiger partial charge is 0.463 e. The Kier molecular flexibility index (Phi) is 3.31. The van der Waals surface area contributed by atoms with Crippen LogP contribution in [0.5, 0.6) is 0 Å². The van der Waals surface area contributed by atoms with Crippen molar-refractivity contribution in [3.05, 3.63) is 0 Å². The molecule has 13 heavy (non-hydrogen) atoms. The minimum Gasteiger partial charge on any atom is -0.463 e. The predicted octanol–water partition coefficient (Wildman–Crippen LogP) is 1.75. The number of hydrogen-bond donors (Lipinski definition) is 0. The fourth-order valence-corrected chi connectivity index (χ4v) is 1.04. The first-order valence-electron chi connectivity index (χ1n) is 4.81. The Balaban J connectivity index is 2.23. The molecule has 1 unspecified atom stereocenters. The summed E-state index contributed by atoms with van der Waals surface area (Å²) in [6, 6.07) is 0. The summed E-state index contributed by atoms with van der Waals surface area (Å²) in [7, 11) is 0. The first-order chi connectivity index (χ1) is 6.03. The van der Waals surface area contributed by atoms with Crippen LogP contribution in [0.25, 0.3) is 0 Å². The minimum absolute atomic E-state index is 0.0154. The smallest absolute Gasteiger partial charge is 0.308 e. The molecule has 1 atom stereocenters. The number of esters is 1. The zero-order valence-corrected chi connectivity index (χ0v) is 8.63. The van der Waals surface area contributed by atoms with Crippen molar-refractivity contribution < 1.29 is 14.3 Å².